The third kappa shape index (κ3) is 6.91. The van der Waals surface area contributed by atoms with E-state index in [9.17, 15) is 18.8 Å². The lowest BCUT2D eigenvalue weighted by Crippen LogP contribution is -2.38. The van der Waals surface area contributed by atoms with Gasteiger partial charge in [0.15, 0.2) is 0 Å². The predicted molar refractivity (Wildman–Crippen MR) is 103 cm³/mol. The van der Waals surface area contributed by atoms with Crippen molar-refractivity contribution >= 4 is 17.8 Å². The van der Waals surface area contributed by atoms with Crippen molar-refractivity contribution in [2.45, 2.75) is 31.7 Å². The average Bonchev–Trinajstić information content (AvgIpc) is 2.66. The SMILES string of the molecule is COc1ccc(F)cc1-c1ccc(CC(CC(=O)O)NC(=O)CCC(=O)O)cc1. The van der Waals surface area contributed by atoms with Crippen LogP contribution in [0.1, 0.15) is 24.8 Å². The first-order valence-corrected chi connectivity index (χ1v) is 8.94. The zero-order valence-electron chi connectivity index (χ0n) is 15.9. The van der Waals surface area contributed by atoms with Crippen LogP contribution in [0.3, 0.4) is 0 Å². The molecule has 0 fully saturated rings. The molecule has 7 nitrogen and oxygen atoms in total. The fourth-order valence-electron chi connectivity index (χ4n) is 2.92. The number of nitrogens with one attached hydrogen (secondary N) is 1. The summed E-state index contributed by atoms with van der Waals surface area (Å²) in [6.07, 6.45) is -0.580. The maximum Gasteiger partial charge on any atom is 0.305 e. The average molecular weight is 403 g/mol. The Labute approximate surface area is 167 Å². The van der Waals surface area contributed by atoms with Crippen LogP contribution >= 0.6 is 0 Å². The van der Waals surface area contributed by atoms with E-state index in [4.69, 9.17) is 14.9 Å². The van der Waals surface area contributed by atoms with Crippen LogP contribution in [0.5, 0.6) is 5.75 Å². The minimum Gasteiger partial charge on any atom is -0.496 e. The summed E-state index contributed by atoms with van der Waals surface area (Å²) in [6, 6.07) is 10.6. The largest absolute Gasteiger partial charge is 0.496 e. The number of benzene rings is 2. The summed E-state index contributed by atoms with van der Waals surface area (Å²) in [5, 5.41) is 20.3. The van der Waals surface area contributed by atoms with E-state index in [1.807, 2.05) is 0 Å². The van der Waals surface area contributed by atoms with Crippen molar-refractivity contribution in [3.63, 3.8) is 0 Å². The number of methoxy groups -OCH3 is 1. The Morgan fingerprint density at radius 3 is 2.31 bits per heavy atom. The number of carbonyl (C=O) groups is 3. The maximum absolute atomic E-state index is 13.6. The minimum absolute atomic E-state index is 0.218. The molecule has 0 bridgehead atoms. The van der Waals surface area contributed by atoms with E-state index in [1.54, 1.807) is 24.3 Å². The maximum atomic E-state index is 13.6. The third-order valence-electron chi connectivity index (χ3n) is 4.26. The molecule has 0 aliphatic rings. The highest BCUT2D eigenvalue weighted by molar-refractivity contribution is 5.81. The van der Waals surface area contributed by atoms with Crippen LogP contribution in [0.4, 0.5) is 4.39 Å². The number of carboxylic acids is 2. The van der Waals surface area contributed by atoms with E-state index in [0.717, 1.165) is 11.1 Å². The van der Waals surface area contributed by atoms with Crippen molar-refractivity contribution in [1.82, 2.24) is 5.32 Å². The molecule has 0 heterocycles. The Kier molecular flexibility index (Phi) is 7.70. The molecule has 3 N–H and O–H groups in total. The van der Waals surface area contributed by atoms with Crippen molar-refractivity contribution < 1.29 is 33.7 Å². The topological polar surface area (TPSA) is 113 Å². The second-order valence-electron chi connectivity index (χ2n) is 6.50. The molecule has 0 saturated heterocycles. The van der Waals surface area contributed by atoms with Crippen molar-refractivity contribution in [1.29, 1.82) is 0 Å². The van der Waals surface area contributed by atoms with Gasteiger partial charge in [-0.1, -0.05) is 24.3 Å². The van der Waals surface area contributed by atoms with Crippen LogP contribution in [0, 0.1) is 5.82 Å². The quantitative estimate of drug-likeness (QED) is 0.562. The second kappa shape index (κ2) is 10.2. The lowest BCUT2D eigenvalue weighted by atomic mass is 9.98. The third-order valence-corrected chi connectivity index (χ3v) is 4.26. The van der Waals surface area contributed by atoms with Gasteiger partial charge in [0.05, 0.1) is 20.0 Å². The van der Waals surface area contributed by atoms with Gasteiger partial charge in [-0.2, -0.15) is 0 Å². The summed E-state index contributed by atoms with van der Waals surface area (Å²) < 4.78 is 18.8. The number of ether oxygens (including phenoxy) is 1. The van der Waals surface area contributed by atoms with Gasteiger partial charge in [-0.15, -0.1) is 0 Å². The highest BCUT2D eigenvalue weighted by Crippen LogP contribution is 2.30. The van der Waals surface area contributed by atoms with Crippen molar-refractivity contribution in [3.05, 3.63) is 53.8 Å². The summed E-state index contributed by atoms with van der Waals surface area (Å²) in [5.74, 6) is -2.56. The summed E-state index contributed by atoms with van der Waals surface area (Å²) in [7, 11) is 1.49. The fraction of sp³-hybridized carbons (Fsp3) is 0.286. The van der Waals surface area contributed by atoms with Crippen LogP contribution in [-0.4, -0.2) is 41.2 Å². The molecule has 29 heavy (non-hydrogen) atoms. The molecule has 0 aromatic heterocycles. The molecule has 1 amide bonds. The number of hydrogen-bond donors (Lipinski definition) is 3. The molecular formula is C21H22FNO6. The monoisotopic (exact) mass is 403 g/mol. The molecule has 2 aromatic rings. The Balaban J connectivity index is 2.12. The Bertz CT molecular complexity index is 881. The first-order chi connectivity index (χ1) is 13.8. The van der Waals surface area contributed by atoms with Crippen LogP contribution in [0.2, 0.25) is 0 Å². The number of aliphatic carboxylic acids is 2. The van der Waals surface area contributed by atoms with Crippen molar-refractivity contribution in [2.75, 3.05) is 7.11 Å². The van der Waals surface area contributed by atoms with Gasteiger partial charge in [0.1, 0.15) is 11.6 Å². The van der Waals surface area contributed by atoms with Gasteiger partial charge in [0.2, 0.25) is 5.91 Å². The molecule has 0 radical (unpaired) electrons. The Hall–Kier alpha value is -3.42. The summed E-state index contributed by atoms with van der Waals surface area (Å²) in [5.41, 5.74) is 2.09. The highest BCUT2D eigenvalue weighted by atomic mass is 19.1. The van der Waals surface area contributed by atoms with Crippen LogP contribution in [0.25, 0.3) is 11.1 Å². The summed E-state index contributed by atoms with van der Waals surface area (Å²) in [6.45, 7) is 0. The molecule has 2 rings (SSSR count). The zero-order chi connectivity index (χ0) is 21.4. The number of rotatable bonds is 10. The minimum atomic E-state index is -1.10. The highest BCUT2D eigenvalue weighted by Gasteiger charge is 2.17. The normalized spacial score (nSPS) is 11.5. The summed E-state index contributed by atoms with van der Waals surface area (Å²) >= 11 is 0. The van der Waals surface area contributed by atoms with Gasteiger partial charge >= 0.3 is 11.9 Å². The lowest BCUT2D eigenvalue weighted by molar-refractivity contribution is -0.140. The molecular weight excluding hydrogens is 381 g/mol. The van der Waals surface area contributed by atoms with Gasteiger partial charge in [-0.05, 0) is 35.7 Å². The molecule has 0 aliphatic carbocycles. The Morgan fingerprint density at radius 1 is 1.03 bits per heavy atom. The van der Waals surface area contributed by atoms with Gasteiger partial charge in [-0.25, -0.2) is 4.39 Å². The molecule has 154 valence electrons. The predicted octanol–water partition coefficient (Wildman–Crippen LogP) is 2.87. The number of carboxylic acid groups (broad SMARTS) is 2. The van der Waals surface area contributed by atoms with Gasteiger partial charge < -0.3 is 20.3 Å². The summed E-state index contributed by atoms with van der Waals surface area (Å²) in [4.78, 5) is 33.5. The van der Waals surface area contributed by atoms with Crippen molar-refractivity contribution in [3.8, 4) is 16.9 Å². The molecule has 0 aliphatic heterocycles. The van der Waals surface area contributed by atoms with E-state index in [-0.39, 0.29) is 25.7 Å². The first kappa shape index (κ1) is 21.9. The molecule has 2 aromatic carbocycles. The fourth-order valence-corrected chi connectivity index (χ4v) is 2.92. The number of halogens is 1. The molecule has 1 atom stereocenters. The van der Waals surface area contributed by atoms with E-state index in [2.05, 4.69) is 5.32 Å². The molecule has 1 unspecified atom stereocenters. The second-order valence-corrected chi connectivity index (χ2v) is 6.50. The first-order valence-electron chi connectivity index (χ1n) is 8.94. The van der Waals surface area contributed by atoms with Crippen LogP contribution in [-0.2, 0) is 20.8 Å². The lowest BCUT2D eigenvalue weighted by Gasteiger charge is -2.17. The van der Waals surface area contributed by atoms with E-state index < -0.39 is 29.7 Å². The van der Waals surface area contributed by atoms with Gasteiger partial charge in [-0.3, -0.25) is 14.4 Å². The number of carbonyl (C=O) groups excluding carboxylic acids is 1. The number of hydrogen-bond acceptors (Lipinski definition) is 4. The smallest absolute Gasteiger partial charge is 0.305 e. The van der Waals surface area contributed by atoms with Crippen molar-refractivity contribution in [2.24, 2.45) is 0 Å². The van der Waals surface area contributed by atoms with E-state index >= 15 is 0 Å². The zero-order valence-corrected chi connectivity index (χ0v) is 15.9. The van der Waals surface area contributed by atoms with Gasteiger partial charge in [0, 0.05) is 18.0 Å². The van der Waals surface area contributed by atoms with E-state index in [0.29, 0.717) is 11.3 Å². The van der Waals surface area contributed by atoms with Gasteiger partial charge in [0.25, 0.3) is 0 Å². The standard InChI is InChI=1S/C21H22FNO6/c1-29-18-7-6-15(22)11-17(18)14-4-2-13(3-5-14)10-16(12-21(27)28)23-19(24)8-9-20(25)26/h2-7,11,16H,8-10,12H2,1H3,(H,23,24)(H,25,26)(H,27,28). The molecule has 0 spiro atoms. The number of amides is 1. The molecule has 0 saturated carbocycles. The Morgan fingerprint density at radius 2 is 1.72 bits per heavy atom. The molecule has 8 heteroatoms. The van der Waals surface area contributed by atoms with Crippen LogP contribution < -0.4 is 10.1 Å². The van der Waals surface area contributed by atoms with E-state index in [1.165, 1.54) is 25.3 Å². The van der Waals surface area contributed by atoms with Crippen LogP contribution in [0.15, 0.2) is 42.5 Å².